The molecule has 3 rings (SSSR count). The van der Waals surface area contributed by atoms with E-state index in [9.17, 15) is 9.59 Å². The van der Waals surface area contributed by atoms with Gasteiger partial charge in [0.15, 0.2) is 0 Å². The van der Waals surface area contributed by atoms with Gasteiger partial charge in [0.1, 0.15) is 5.82 Å². The molecule has 0 spiro atoms. The van der Waals surface area contributed by atoms with Crippen LogP contribution < -0.4 is 10.2 Å². The van der Waals surface area contributed by atoms with Gasteiger partial charge in [0.25, 0.3) is 0 Å². The number of anilines is 2. The summed E-state index contributed by atoms with van der Waals surface area (Å²) in [5, 5.41) is 2.82. The minimum absolute atomic E-state index is 0.0407. The second-order valence-electron chi connectivity index (χ2n) is 5.54. The average molecular weight is 374 g/mol. The normalized spacial score (nSPS) is 17.4. The van der Waals surface area contributed by atoms with E-state index in [0.717, 1.165) is 15.7 Å². The Morgan fingerprint density at radius 2 is 2.17 bits per heavy atom. The summed E-state index contributed by atoms with van der Waals surface area (Å²) in [6.45, 7) is 2.27. The fraction of sp³-hybridized carbons (Fsp3) is 0.235. The predicted octanol–water partition coefficient (Wildman–Crippen LogP) is 3.14. The third-order valence-corrected chi connectivity index (χ3v) is 4.36. The van der Waals surface area contributed by atoms with Crippen molar-refractivity contribution in [2.75, 3.05) is 16.8 Å². The third kappa shape index (κ3) is 3.42. The molecule has 1 aliphatic rings. The second-order valence-corrected chi connectivity index (χ2v) is 6.46. The van der Waals surface area contributed by atoms with Crippen molar-refractivity contribution in [3.63, 3.8) is 0 Å². The van der Waals surface area contributed by atoms with Crippen LogP contribution in [0.3, 0.4) is 0 Å². The molecule has 118 valence electrons. The number of benzene rings is 1. The lowest BCUT2D eigenvalue weighted by molar-refractivity contribution is -0.122. The Labute approximate surface area is 142 Å². The summed E-state index contributed by atoms with van der Waals surface area (Å²) < 4.78 is 0.903. The van der Waals surface area contributed by atoms with Crippen molar-refractivity contribution in [2.24, 2.45) is 5.92 Å². The zero-order chi connectivity index (χ0) is 16.4. The van der Waals surface area contributed by atoms with Crippen molar-refractivity contribution in [3.8, 4) is 0 Å². The molecule has 1 atom stereocenters. The Morgan fingerprint density at radius 1 is 1.35 bits per heavy atom. The molecule has 1 aromatic heterocycles. The molecule has 6 heteroatoms. The van der Waals surface area contributed by atoms with Gasteiger partial charge in [-0.3, -0.25) is 9.59 Å². The highest BCUT2D eigenvalue weighted by molar-refractivity contribution is 9.10. The van der Waals surface area contributed by atoms with Gasteiger partial charge in [-0.25, -0.2) is 4.98 Å². The van der Waals surface area contributed by atoms with E-state index >= 15 is 0 Å². The fourth-order valence-corrected chi connectivity index (χ4v) is 3.00. The Hall–Kier alpha value is -2.21. The molecule has 0 bridgehead atoms. The molecule has 0 saturated carbocycles. The van der Waals surface area contributed by atoms with Crippen LogP contribution in [0.25, 0.3) is 0 Å². The maximum absolute atomic E-state index is 12.4. The van der Waals surface area contributed by atoms with E-state index < -0.39 is 0 Å². The number of carbonyl (C=O) groups is 2. The molecule has 0 radical (unpaired) electrons. The average Bonchev–Trinajstić information content (AvgIpc) is 2.92. The first-order valence-corrected chi connectivity index (χ1v) is 8.12. The summed E-state index contributed by atoms with van der Waals surface area (Å²) in [5.74, 6) is -0.0348. The van der Waals surface area contributed by atoms with E-state index in [0.29, 0.717) is 12.4 Å². The number of rotatable bonds is 3. The first-order chi connectivity index (χ1) is 11.0. The molecule has 0 aliphatic carbocycles. The van der Waals surface area contributed by atoms with Crippen LogP contribution >= 0.6 is 15.9 Å². The number of pyridine rings is 1. The number of carbonyl (C=O) groups excluding carboxylic acids is 2. The smallest absolute Gasteiger partial charge is 0.230 e. The summed E-state index contributed by atoms with van der Waals surface area (Å²) in [7, 11) is 0. The quantitative estimate of drug-likeness (QED) is 0.898. The van der Waals surface area contributed by atoms with Gasteiger partial charge in [-0.1, -0.05) is 28.1 Å². The van der Waals surface area contributed by atoms with Crippen LogP contribution in [0.5, 0.6) is 0 Å². The zero-order valence-electron chi connectivity index (χ0n) is 12.6. The molecule has 1 aliphatic heterocycles. The molecule has 23 heavy (non-hydrogen) atoms. The molecule has 1 fully saturated rings. The summed E-state index contributed by atoms with van der Waals surface area (Å²) in [4.78, 5) is 30.5. The highest BCUT2D eigenvalue weighted by atomic mass is 79.9. The number of aromatic nitrogens is 1. The van der Waals surface area contributed by atoms with Crippen LogP contribution in [0.2, 0.25) is 0 Å². The molecule has 1 unspecified atom stereocenters. The molecule has 2 heterocycles. The van der Waals surface area contributed by atoms with Gasteiger partial charge in [-0.15, -0.1) is 0 Å². The second kappa shape index (κ2) is 6.50. The third-order valence-electron chi connectivity index (χ3n) is 3.87. The number of halogens is 1. The van der Waals surface area contributed by atoms with Crippen LogP contribution in [-0.4, -0.2) is 23.3 Å². The van der Waals surface area contributed by atoms with E-state index in [-0.39, 0.29) is 24.2 Å². The fourth-order valence-electron chi connectivity index (χ4n) is 2.61. The van der Waals surface area contributed by atoms with Crippen molar-refractivity contribution in [2.45, 2.75) is 13.3 Å². The van der Waals surface area contributed by atoms with Gasteiger partial charge in [0.2, 0.25) is 11.8 Å². The lowest BCUT2D eigenvalue weighted by Gasteiger charge is -2.17. The monoisotopic (exact) mass is 373 g/mol. The minimum atomic E-state index is -0.372. The zero-order valence-corrected chi connectivity index (χ0v) is 14.2. The predicted molar refractivity (Wildman–Crippen MR) is 92.2 cm³/mol. The first-order valence-electron chi connectivity index (χ1n) is 7.33. The topological polar surface area (TPSA) is 62.3 Å². The van der Waals surface area contributed by atoms with Crippen LogP contribution in [-0.2, 0) is 9.59 Å². The summed E-state index contributed by atoms with van der Waals surface area (Å²) in [6, 6.07) is 11.2. The van der Waals surface area contributed by atoms with E-state index in [4.69, 9.17) is 0 Å². The molecule has 5 nitrogen and oxygen atoms in total. The number of hydrogen-bond donors (Lipinski definition) is 1. The van der Waals surface area contributed by atoms with Crippen LogP contribution in [0.15, 0.2) is 47.1 Å². The van der Waals surface area contributed by atoms with Gasteiger partial charge < -0.3 is 10.2 Å². The van der Waals surface area contributed by atoms with Gasteiger partial charge in [0.05, 0.1) is 5.92 Å². The van der Waals surface area contributed by atoms with Gasteiger partial charge in [0, 0.05) is 29.3 Å². The van der Waals surface area contributed by atoms with E-state index in [1.165, 1.54) is 0 Å². The lowest BCUT2D eigenvalue weighted by Crippen LogP contribution is -2.28. The van der Waals surface area contributed by atoms with Gasteiger partial charge in [-0.05, 0) is 36.8 Å². The van der Waals surface area contributed by atoms with Gasteiger partial charge >= 0.3 is 0 Å². The molecular formula is C17H16BrN3O2. The van der Waals surface area contributed by atoms with Gasteiger partial charge in [-0.2, -0.15) is 0 Å². The molecule has 1 saturated heterocycles. The number of nitrogens with zero attached hydrogens (tertiary/aromatic N) is 2. The number of amides is 2. The Kier molecular flexibility index (Phi) is 4.43. The van der Waals surface area contributed by atoms with Crippen molar-refractivity contribution in [3.05, 3.63) is 52.6 Å². The number of aryl methyl sites for hydroxylation is 1. The molecule has 2 amide bonds. The number of nitrogens with one attached hydrogen (secondary N) is 1. The maximum atomic E-state index is 12.4. The maximum Gasteiger partial charge on any atom is 0.230 e. The molecule has 2 aromatic rings. The van der Waals surface area contributed by atoms with Crippen LogP contribution in [0, 0.1) is 12.8 Å². The van der Waals surface area contributed by atoms with Crippen molar-refractivity contribution >= 4 is 39.2 Å². The Bertz CT molecular complexity index is 763. The SMILES string of the molecule is Cc1cccnc1NC(=O)C1CC(=O)N(c2cccc(Br)c2)C1. The first kappa shape index (κ1) is 15.7. The van der Waals surface area contributed by atoms with Crippen LogP contribution in [0.4, 0.5) is 11.5 Å². The molecular weight excluding hydrogens is 358 g/mol. The van der Waals surface area contributed by atoms with E-state index in [2.05, 4.69) is 26.2 Å². The van der Waals surface area contributed by atoms with Crippen molar-refractivity contribution in [1.82, 2.24) is 4.98 Å². The highest BCUT2D eigenvalue weighted by Crippen LogP contribution is 2.28. The highest BCUT2D eigenvalue weighted by Gasteiger charge is 2.35. The molecule has 1 aromatic carbocycles. The lowest BCUT2D eigenvalue weighted by atomic mass is 10.1. The Morgan fingerprint density at radius 3 is 2.91 bits per heavy atom. The standard InChI is InChI=1S/C17H16BrN3O2/c1-11-4-3-7-19-16(11)20-17(23)12-8-15(22)21(10-12)14-6-2-5-13(18)9-14/h2-7,9,12H,8,10H2,1H3,(H,19,20,23). The summed E-state index contributed by atoms with van der Waals surface area (Å²) >= 11 is 3.40. The largest absolute Gasteiger partial charge is 0.312 e. The van der Waals surface area contributed by atoms with E-state index in [1.54, 1.807) is 11.1 Å². The van der Waals surface area contributed by atoms with E-state index in [1.807, 2.05) is 43.3 Å². The number of hydrogen-bond acceptors (Lipinski definition) is 3. The Balaban J connectivity index is 1.72. The summed E-state index contributed by atoms with van der Waals surface area (Å²) in [5.41, 5.74) is 1.70. The summed E-state index contributed by atoms with van der Waals surface area (Å²) in [6.07, 6.45) is 1.85. The van der Waals surface area contributed by atoms with Crippen molar-refractivity contribution < 1.29 is 9.59 Å². The minimum Gasteiger partial charge on any atom is -0.312 e. The molecule has 1 N–H and O–H groups in total. The van der Waals surface area contributed by atoms with Crippen molar-refractivity contribution in [1.29, 1.82) is 0 Å². The van der Waals surface area contributed by atoms with Crippen LogP contribution in [0.1, 0.15) is 12.0 Å².